The first kappa shape index (κ1) is 14.7. The molecular weight excluding hydrogens is 306 g/mol. The van der Waals surface area contributed by atoms with Gasteiger partial charge >= 0.3 is 0 Å². The van der Waals surface area contributed by atoms with Gasteiger partial charge in [0.05, 0.1) is 17.5 Å². The molecular formula is C18H17N3O3. The van der Waals surface area contributed by atoms with Crippen molar-refractivity contribution in [2.75, 3.05) is 6.61 Å². The van der Waals surface area contributed by atoms with E-state index in [1.807, 2.05) is 19.1 Å². The summed E-state index contributed by atoms with van der Waals surface area (Å²) in [5, 5.41) is 4.05. The number of fused-ring (bicyclic) bond motifs is 5. The number of amides is 2. The molecule has 122 valence electrons. The summed E-state index contributed by atoms with van der Waals surface area (Å²) in [6.07, 6.45) is 4.88. The highest BCUT2D eigenvalue weighted by Crippen LogP contribution is 2.38. The van der Waals surface area contributed by atoms with Gasteiger partial charge in [0.25, 0.3) is 5.91 Å². The molecule has 0 bridgehead atoms. The number of nitrogens with zero attached hydrogens (tertiary/aromatic N) is 1. The van der Waals surface area contributed by atoms with Gasteiger partial charge in [0.1, 0.15) is 11.4 Å². The summed E-state index contributed by atoms with van der Waals surface area (Å²) < 4.78 is 5.74. The summed E-state index contributed by atoms with van der Waals surface area (Å²) in [5.41, 5.74) is 4.49. The quantitative estimate of drug-likeness (QED) is 0.723. The van der Waals surface area contributed by atoms with E-state index >= 15 is 0 Å². The number of aromatic amines is 1. The SMILES string of the molecule is CCOc1ccnc2[nH]c3c4c(c(C(=O)NC=O)cc3c12)CCC4. The number of H-pyrrole nitrogens is 1. The van der Waals surface area contributed by atoms with Gasteiger partial charge in [0, 0.05) is 17.1 Å². The number of hydrogen-bond donors (Lipinski definition) is 2. The number of benzene rings is 1. The molecule has 1 aliphatic carbocycles. The van der Waals surface area contributed by atoms with Gasteiger partial charge in [-0.1, -0.05) is 0 Å². The van der Waals surface area contributed by atoms with Crippen molar-refractivity contribution in [2.45, 2.75) is 26.2 Å². The van der Waals surface area contributed by atoms with Crippen molar-refractivity contribution in [1.82, 2.24) is 15.3 Å². The van der Waals surface area contributed by atoms with E-state index in [0.29, 0.717) is 18.6 Å². The van der Waals surface area contributed by atoms with Gasteiger partial charge in [-0.15, -0.1) is 0 Å². The maximum absolute atomic E-state index is 12.3. The van der Waals surface area contributed by atoms with Gasteiger partial charge in [0.15, 0.2) is 0 Å². The fraction of sp³-hybridized carbons (Fsp3) is 0.278. The van der Waals surface area contributed by atoms with Crippen LogP contribution in [0.5, 0.6) is 5.75 Å². The number of aryl methyl sites for hydroxylation is 1. The molecule has 1 aromatic carbocycles. The minimum Gasteiger partial charge on any atom is -0.493 e. The first-order chi connectivity index (χ1) is 11.7. The van der Waals surface area contributed by atoms with Crippen LogP contribution in [-0.2, 0) is 17.6 Å². The van der Waals surface area contributed by atoms with E-state index in [0.717, 1.165) is 58.1 Å². The lowest BCUT2D eigenvalue weighted by Crippen LogP contribution is -2.22. The molecule has 2 amide bonds. The molecule has 2 aromatic heterocycles. The molecule has 0 spiro atoms. The monoisotopic (exact) mass is 323 g/mol. The minimum atomic E-state index is -0.360. The van der Waals surface area contributed by atoms with Crippen LogP contribution in [0.15, 0.2) is 18.3 Å². The third kappa shape index (κ3) is 2.06. The molecule has 3 aromatic rings. The van der Waals surface area contributed by atoms with Gasteiger partial charge in [-0.3, -0.25) is 14.9 Å². The Kier molecular flexibility index (Phi) is 3.45. The van der Waals surface area contributed by atoms with E-state index in [1.165, 1.54) is 0 Å². The van der Waals surface area contributed by atoms with E-state index in [9.17, 15) is 9.59 Å². The molecule has 2 N–H and O–H groups in total. The number of carbonyl (C=O) groups excluding carboxylic acids is 2. The molecule has 0 saturated heterocycles. The Balaban J connectivity index is 2.07. The number of ether oxygens (including phenoxy) is 1. The Morgan fingerprint density at radius 1 is 1.42 bits per heavy atom. The maximum Gasteiger partial charge on any atom is 0.257 e. The molecule has 0 aliphatic heterocycles. The molecule has 0 radical (unpaired) electrons. The molecule has 4 rings (SSSR count). The number of imide groups is 1. The van der Waals surface area contributed by atoms with Gasteiger partial charge in [-0.05, 0) is 49.4 Å². The highest BCUT2D eigenvalue weighted by molar-refractivity contribution is 6.14. The number of aromatic nitrogens is 2. The lowest BCUT2D eigenvalue weighted by Gasteiger charge is -2.09. The summed E-state index contributed by atoms with van der Waals surface area (Å²) in [6, 6.07) is 3.68. The summed E-state index contributed by atoms with van der Waals surface area (Å²) in [6.45, 7) is 2.48. The second-order valence-corrected chi connectivity index (χ2v) is 5.84. The number of pyridine rings is 1. The highest BCUT2D eigenvalue weighted by atomic mass is 16.5. The van der Waals surface area contributed by atoms with E-state index in [-0.39, 0.29) is 5.91 Å². The van der Waals surface area contributed by atoms with Crippen LogP contribution >= 0.6 is 0 Å². The highest BCUT2D eigenvalue weighted by Gasteiger charge is 2.25. The Hall–Kier alpha value is -2.89. The van der Waals surface area contributed by atoms with Gasteiger partial charge in [0.2, 0.25) is 6.41 Å². The van der Waals surface area contributed by atoms with E-state index in [1.54, 1.807) is 6.20 Å². The lowest BCUT2D eigenvalue weighted by atomic mass is 9.98. The summed E-state index contributed by atoms with van der Waals surface area (Å²) >= 11 is 0. The average Bonchev–Trinajstić information content (AvgIpc) is 3.19. The average molecular weight is 323 g/mol. The van der Waals surface area contributed by atoms with E-state index in [4.69, 9.17) is 4.74 Å². The van der Waals surface area contributed by atoms with Crippen LogP contribution in [0.1, 0.15) is 34.8 Å². The summed E-state index contributed by atoms with van der Waals surface area (Å²) in [5.74, 6) is 0.384. The van der Waals surface area contributed by atoms with Crippen molar-refractivity contribution in [1.29, 1.82) is 0 Å². The molecule has 2 heterocycles. The zero-order valence-electron chi connectivity index (χ0n) is 13.3. The van der Waals surface area contributed by atoms with E-state index in [2.05, 4.69) is 15.3 Å². The van der Waals surface area contributed by atoms with Crippen molar-refractivity contribution in [3.63, 3.8) is 0 Å². The minimum absolute atomic E-state index is 0.360. The lowest BCUT2D eigenvalue weighted by molar-refractivity contribution is -0.108. The Morgan fingerprint density at radius 3 is 3.04 bits per heavy atom. The predicted octanol–water partition coefficient (Wildman–Crippen LogP) is 2.49. The molecule has 24 heavy (non-hydrogen) atoms. The first-order valence-corrected chi connectivity index (χ1v) is 8.07. The summed E-state index contributed by atoms with van der Waals surface area (Å²) in [7, 11) is 0. The third-order valence-corrected chi connectivity index (χ3v) is 4.56. The molecule has 1 aliphatic rings. The normalized spacial score (nSPS) is 13.2. The van der Waals surface area contributed by atoms with Crippen molar-refractivity contribution in [3.05, 3.63) is 35.0 Å². The first-order valence-electron chi connectivity index (χ1n) is 8.07. The maximum atomic E-state index is 12.3. The predicted molar refractivity (Wildman–Crippen MR) is 90.3 cm³/mol. The summed E-state index contributed by atoms with van der Waals surface area (Å²) in [4.78, 5) is 30.8. The fourth-order valence-electron chi connectivity index (χ4n) is 3.65. The van der Waals surface area contributed by atoms with E-state index < -0.39 is 0 Å². The zero-order chi connectivity index (χ0) is 16.7. The van der Waals surface area contributed by atoms with Gasteiger partial charge in [-0.2, -0.15) is 0 Å². The van der Waals surface area contributed by atoms with Crippen molar-refractivity contribution < 1.29 is 14.3 Å². The van der Waals surface area contributed by atoms with Crippen molar-refractivity contribution in [3.8, 4) is 5.75 Å². The standard InChI is InChI=1S/C18H17N3O3/c1-2-24-14-6-7-19-17-15(14)13-8-12(18(23)20-9-22)10-4-3-5-11(10)16(13)21-17/h6-9H,2-5H2,1H3,(H,19,21)(H,20,22,23). The Bertz CT molecular complexity index is 975. The molecule has 6 heteroatoms. The number of nitrogens with one attached hydrogen (secondary N) is 2. The number of hydrogen-bond acceptors (Lipinski definition) is 4. The second-order valence-electron chi connectivity index (χ2n) is 5.84. The van der Waals surface area contributed by atoms with Crippen molar-refractivity contribution in [2.24, 2.45) is 0 Å². The van der Waals surface area contributed by atoms with Crippen LogP contribution in [0.2, 0.25) is 0 Å². The fourth-order valence-corrected chi connectivity index (χ4v) is 3.65. The van der Waals surface area contributed by atoms with Crippen molar-refractivity contribution >= 4 is 34.3 Å². The Labute approximate surface area is 138 Å². The molecule has 6 nitrogen and oxygen atoms in total. The van der Waals surface area contributed by atoms with Gasteiger partial charge < -0.3 is 9.72 Å². The molecule has 0 atom stereocenters. The smallest absolute Gasteiger partial charge is 0.257 e. The Morgan fingerprint density at radius 2 is 2.25 bits per heavy atom. The third-order valence-electron chi connectivity index (χ3n) is 4.56. The number of rotatable bonds is 4. The van der Waals surface area contributed by atoms with Crippen LogP contribution in [0.25, 0.3) is 21.9 Å². The largest absolute Gasteiger partial charge is 0.493 e. The molecule has 0 unspecified atom stereocenters. The zero-order valence-corrected chi connectivity index (χ0v) is 13.3. The van der Waals surface area contributed by atoms with Crippen LogP contribution < -0.4 is 10.1 Å². The number of carbonyl (C=O) groups is 2. The van der Waals surface area contributed by atoms with Crippen LogP contribution in [0.3, 0.4) is 0 Å². The van der Waals surface area contributed by atoms with Crippen LogP contribution in [-0.4, -0.2) is 28.9 Å². The molecule has 0 saturated carbocycles. The van der Waals surface area contributed by atoms with Crippen LogP contribution in [0, 0.1) is 0 Å². The topological polar surface area (TPSA) is 84.1 Å². The van der Waals surface area contributed by atoms with Gasteiger partial charge in [-0.25, -0.2) is 4.98 Å². The second kappa shape index (κ2) is 5.63. The van der Waals surface area contributed by atoms with Crippen LogP contribution in [0.4, 0.5) is 0 Å². The molecule has 0 fully saturated rings.